The van der Waals surface area contributed by atoms with Crippen LogP contribution in [0.25, 0.3) is 0 Å². The third kappa shape index (κ3) is 6.22. The molecule has 0 fully saturated rings. The third-order valence-corrected chi connectivity index (χ3v) is 4.52. The van der Waals surface area contributed by atoms with Gasteiger partial charge in [-0.1, -0.05) is 7.43 Å². The van der Waals surface area contributed by atoms with Crippen LogP contribution in [-0.4, -0.2) is 39.3 Å². The Balaban J connectivity index is 0.00000512. The van der Waals surface area contributed by atoms with E-state index in [0.717, 1.165) is 17.8 Å². The van der Waals surface area contributed by atoms with Gasteiger partial charge in [0.1, 0.15) is 22.7 Å². The zero-order valence-corrected chi connectivity index (χ0v) is 16.9. The number of carbonyl (C=O) groups excluding carboxylic acids is 2. The fourth-order valence-corrected chi connectivity index (χ4v) is 2.92. The van der Waals surface area contributed by atoms with Gasteiger partial charge < -0.3 is 16.4 Å². The fourth-order valence-electron chi connectivity index (χ4n) is 2.39. The molecule has 1 heterocycles. The lowest BCUT2D eigenvalue weighted by Crippen LogP contribution is -2.33. The minimum Gasteiger partial charge on any atom is -0.368 e. The molecule has 14 heteroatoms. The molecule has 1 atom stereocenters. The van der Waals surface area contributed by atoms with Crippen LogP contribution in [0.3, 0.4) is 0 Å². The Morgan fingerprint density at radius 3 is 2.47 bits per heavy atom. The van der Waals surface area contributed by atoms with Crippen molar-refractivity contribution in [3.05, 3.63) is 34.9 Å². The lowest BCUT2D eigenvalue weighted by molar-refractivity contribution is -0.137. The molecule has 2 aromatic rings. The van der Waals surface area contributed by atoms with Crippen molar-refractivity contribution in [2.45, 2.75) is 31.6 Å². The number of halogens is 3. The SMILES string of the molecule is C.CSc1nc(N)nc(N[C@@H](C)C(=O)Nc2cc(C(=O)NO)cc(C(F)(F)F)c2)c1C#N. The number of thioether (sulfide) groups is 1. The number of hydrogen-bond acceptors (Lipinski definition) is 9. The second-order valence-corrected chi connectivity index (χ2v) is 6.81. The number of anilines is 3. The highest BCUT2D eigenvalue weighted by molar-refractivity contribution is 7.98. The molecular formula is C18H20F3N7O3S. The second kappa shape index (κ2) is 10.6. The summed E-state index contributed by atoms with van der Waals surface area (Å²) in [5, 5.41) is 23.2. The number of nitrogens with two attached hydrogens (primary N) is 1. The van der Waals surface area contributed by atoms with Gasteiger partial charge in [-0.05, 0) is 31.4 Å². The first-order valence-electron chi connectivity index (χ1n) is 8.35. The number of hydroxylamine groups is 1. The largest absolute Gasteiger partial charge is 0.416 e. The maximum absolute atomic E-state index is 13.1. The Kier molecular flexibility index (Phi) is 8.80. The quantitative estimate of drug-likeness (QED) is 0.184. The van der Waals surface area contributed by atoms with E-state index in [0.29, 0.717) is 12.1 Å². The van der Waals surface area contributed by atoms with Gasteiger partial charge in [0.15, 0.2) is 5.82 Å². The molecule has 6 N–H and O–H groups in total. The van der Waals surface area contributed by atoms with Gasteiger partial charge >= 0.3 is 6.18 Å². The minimum absolute atomic E-state index is 0. The fraction of sp³-hybridized carbons (Fsp3) is 0.278. The summed E-state index contributed by atoms with van der Waals surface area (Å²) in [6.07, 6.45) is -3.14. The van der Waals surface area contributed by atoms with Crippen LogP contribution in [-0.2, 0) is 11.0 Å². The van der Waals surface area contributed by atoms with Crippen LogP contribution in [0, 0.1) is 11.3 Å². The van der Waals surface area contributed by atoms with Gasteiger partial charge in [0.05, 0.1) is 5.56 Å². The van der Waals surface area contributed by atoms with E-state index in [2.05, 4.69) is 20.6 Å². The number of rotatable bonds is 6. The summed E-state index contributed by atoms with van der Waals surface area (Å²) in [7, 11) is 0. The van der Waals surface area contributed by atoms with Crippen LogP contribution in [0.1, 0.15) is 35.8 Å². The van der Waals surface area contributed by atoms with Crippen molar-refractivity contribution in [1.82, 2.24) is 15.4 Å². The number of carbonyl (C=O) groups is 2. The Labute approximate surface area is 185 Å². The zero-order valence-electron chi connectivity index (χ0n) is 16.0. The summed E-state index contributed by atoms with van der Waals surface area (Å²) in [6.45, 7) is 1.38. The monoisotopic (exact) mass is 471 g/mol. The first-order chi connectivity index (χ1) is 14.5. The van der Waals surface area contributed by atoms with Crippen molar-refractivity contribution >= 4 is 41.0 Å². The van der Waals surface area contributed by atoms with E-state index in [4.69, 9.17) is 10.9 Å². The van der Waals surface area contributed by atoms with Crippen molar-refractivity contribution in [3.8, 4) is 6.07 Å². The molecule has 0 spiro atoms. The summed E-state index contributed by atoms with van der Waals surface area (Å²) in [5.41, 5.74) is 4.82. The predicted molar refractivity (Wildman–Crippen MR) is 112 cm³/mol. The van der Waals surface area contributed by atoms with Crippen molar-refractivity contribution < 1.29 is 28.0 Å². The van der Waals surface area contributed by atoms with Crippen molar-refractivity contribution in [2.75, 3.05) is 22.6 Å². The molecule has 0 radical (unpaired) electrons. The maximum atomic E-state index is 13.1. The normalized spacial score (nSPS) is 11.5. The van der Waals surface area contributed by atoms with Gasteiger partial charge in [0, 0.05) is 11.3 Å². The molecule has 0 bridgehead atoms. The van der Waals surface area contributed by atoms with E-state index in [9.17, 15) is 28.0 Å². The average Bonchev–Trinajstić information content (AvgIpc) is 2.71. The number of aromatic nitrogens is 2. The molecule has 0 saturated carbocycles. The van der Waals surface area contributed by atoms with E-state index in [1.54, 1.807) is 6.26 Å². The van der Waals surface area contributed by atoms with E-state index in [1.165, 1.54) is 12.4 Å². The maximum Gasteiger partial charge on any atom is 0.416 e. The summed E-state index contributed by atoms with van der Waals surface area (Å²) in [5.74, 6) is -2.14. The highest BCUT2D eigenvalue weighted by Crippen LogP contribution is 2.32. The first-order valence-corrected chi connectivity index (χ1v) is 9.58. The molecule has 2 amide bonds. The van der Waals surface area contributed by atoms with Gasteiger partial charge in [-0.15, -0.1) is 11.8 Å². The van der Waals surface area contributed by atoms with Gasteiger partial charge in [-0.2, -0.15) is 23.4 Å². The van der Waals surface area contributed by atoms with E-state index < -0.39 is 35.2 Å². The van der Waals surface area contributed by atoms with Crippen molar-refractivity contribution in [2.24, 2.45) is 0 Å². The van der Waals surface area contributed by atoms with Crippen LogP contribution in [0.15, 0.2) is 23.2 Å². The number of amides is 2. The average molecular weight is 471 g/mol. The highest BCUT2D eigenvalue weighted by atomic mass is 32.2. The van der Waals surface area contributed by atoms with Gasteiger partial charge in [-0.3, -0.25) is 14.8 Å². The summed E-state index contributed by atoms with van der Waals surface area (Å²) >= 11 is 1.14. The first kappa shape index (κ1) is 26.5. The lowest BCUT2D eigenvalue weighted by atomic mass is 10.1. The number of nitrogen functional groups attached to an aromatic ring is 1. The van der Waals surface area contributed by atoms with Crippen LogP contribution < -0.4 is 21.8 Å². The third-order valence-electron chi connectivity index (χ3n) is 3.84. The minimum atomic E-state index is -4.80. The lowest BCUT2D eigenvalue weighted by Gasteiger charge is -2.17. The molecule has 172 valence electrons. The molecular weight excluding hydrogens is 451 g/mol. The summed E-state index contributed by atoms with van der Waals surface area (Å²) in [4.78, 5) is 31.9. The number of benzene rings is 1. The Bertz CT molecular complexity index is 1060. The topological polar surface area (TPSA) is 166 Å². The molecule has 0 aliphatic carbocycles. The second-order valence-electron chi connectivity index (χ2n) is 6.02. The van der Waals surface area contributed by atoms with Crippen LogP contribution in [0.2, 0.25) is 0 Å². The zero-order chi connectivity index (χ0) is 23.3. The molecule has 0 aliphatic heterocycles. The number of hydrogen-bond donors (Lipinski definition) is 5. The predicted octanol–water partition coefficient (Wildman–Crippen LogP) is 2.87. The van der Waals surface area contributed by atoms with Gasteiger partial charge in [-0.25, -0.2) is 10.5 Å². The van der Waals surface area contributed by atoms with Gasteiger partial charge in [0.25, 0.3) is 5.91 Å². The number of nitriles is 1. The summed E-state index contributed by atoms with van der Waals surface area (Å²) < 4.78 is 39.3. The van der Waals surface area contributed by atoms with E-state index in [1.807, 2.05) is 6.07 Å². The Hall–Kier alpha value is -3.57. The standard InChI is InChI=1S/C17H16F3N7O3S.CH4/c1-7(23-12-11(6-21)15(31-2)26-16(22)25-12)13(28)24-10-4-8(14(29)27-30)3-9(5-10)17(18,19)20;/h3-5,7,30H,1-2H3,(H,24,28)(H,27,29)(H3,22,23,25,26);1H4/t7-;/m0./s1. The van der Waals surface area contributed by atoms with Crippen LogP contribution in [0.5, 0.6) is 0 Å². The Morgan fingerprint density at radius 1 is 1.28 bits per heavy atom. The van der Waals surface area contributed by atoms with Gasteiger partial charge in [0.2, 0.25) is 11.9 Å². The molecule has 0 saturated heterocycles. The summed E-state index contributed by atoms with van der Waals surface area (Å²) in [6, 6.07) is 2.94. The molecule has 1 aromatic carbocycles. The van der Waals surface area contributed by atoms with E-state index >= 15 is 0 Å². The Morgan fingerprint density at radius 2 is 1.94 bits per heavy atom. The molecule has 2 rings (SSSR count). The molecule has 0 unspecified atom stereocenters. The smallest absolute Gasteiger partial charge is 0.368 e. The molecule has 1 aromatic heterocycles. The van der Waals surface area contributed by atoms with Crippen LogP contribution in [0.4, 0.5) is 30.6 Å². The molecule has 0 aliphatic rings. The van der Waals surface area contributed by atoms with Crippen molar-refractivity contribution in [3.63, 3.8) is 0 Å². The number of alkyl halides is 3. The molecule has 32 heavy (non-hydrogen) atoms. The highest BCUT2D eigenvalue weighted by Gasteiger charge is 2.32. The number of nitrogens with zero attached hydrogens (tertiary/aromatic N) is 3. The van der Waals surface area contributed by atoms with E-state index in [-0.39, 0.29) is 35.5 Å². The van der Waals surface area contributed by atoms with Crippen molar-refractivity contribution in [1.29, 1.82) is 5.26 Å². The molecule has 10 nitrogen and oxygen atoms in total. The number of nitrogens with one attached hydrogen (secondary N) is 3. The van der Waals surface area contributed by atoms with Crippen LogP contribution >= 0.6 is 11.8 Å².